The van der Waals surface area contributed by atoms with E-state index in [-0.39, 0.29) is 75.3 Å². The molecule has 0 radical (unpaired) electrons. The number of benzene rings is 2. The summed E-state index contributed by atoms with van der Waals surface area (Å²) >= 11 is 0. The largest absolute Gasteiger partial charge is 2.00 e. The van der Waals surface area contributed by atoms with E-state index in [0.29, 0.717) is 25.7 Å². The Hall–Kier alpha value is -3.64. The molecule has 17 heteroatoms. The zero-order valence-corrected chi connectivity index (χ0v) is 76.2. The van der Waals surface area contributed by atoms with Gasteiger partial charge in [-0.15, -0.1) is 0 Å². The summed E-state index contributed by atoms with van der Waals surface area (Å²) in [6.07, 6.45) is 95.2. The number of carbonyl (C=O) groups is 4. The van der Waals surface area contributed by atoms with Gasteiger partial charge in [0.25, 0.3) is 0 Å². The molecular weight excluding hydrogens is 1480 g/mol. The predicted octanol–water partition coefficient (Wildman–Crippen LogP) is 28.7. The van der Waals surface area contributed by atoms with Crippen molar-refractivity contribution in [2.24, 2.45) is 0 Å². The van der Waals surface area contributed by atoms with Crippen molar-refractivity contribution >= 4 is 81.9 Å². The van der Waals surface area contributed by atoms with Crippen LogP contribution in [0, 0.1) is 0 Å². The second-order valence-corrected chi connectivity index (χ2v) is 34.1. The van der Waals surface area contributed by atoms with Crippen LogP contribution < -0.4 is 0 Å². The van der Waals surface area contributed by atoms with Gasteiger partial charge in [0, 0.05) is 0 Å². The van der Waals surface area contributed by atoms with Crippen LogP contribution >= 0.6 is 0 Å². The van der Waals surface area contributed by atoms with Gasteiger partial charge in [0.05, 0.1) is 58.5 Å². The summed E-state index contributed by atoms with van der Waals surface area (Å²) in [6, 6.07) is 7.22. The van der Waals surface area contributed by atoms with Crippen molar-refractivity contribution in [1.82, 2.24) is 0 Å². The fraction of sp³-hybridized carbons (Fsp3) is 0.750. The molecule has 2 aromatic carbocycles. The predicted molar refractivity (Wildman–Crippen MR) is 470 cm³/mol. The van der Waals surface area contributed by atoms with E-state index in [0.717, 1.165) is 141 Å². The standard InChI is InChI=1S/2C48H82O7S.Ca/c2*1-3-5-7-9-11-13-15-17-19-21-23-25-27-29-31-33-35-37-42-54-47(49)44-40-39-41-45(56(51,52)53)46(44)48(50)55-43-38-36-34-32-30-28-26-24-22-20-18-16-14-12-10-8-6-4-2;/h2*25-28,39-41H,3-24,29-38,42-43H2,1-2H3,(H,51,52,53);/q;;+2/p-2/b2*27-25+,28-26+;. The van der Waals surface area contributed by atoms with Crippen molar-refractivity contribution in [3.8, 4) is 0 Å². The number of carbonyl (C=O) groups excluding carboxylic acids is 4. The monoisotopic (exact) mass is 1640 g/mol. The van der Waals surface area contributed by atoms with Gasteiger partial charge in [0.1, 0.15) is 20.2 Å². The SMILES string of the molecule is CCCCCCCCCCCC/C=C/CCCCCCOC(=O)c1cccc(S(=O)(=O)[O-])c1C(=O)OCCCCCC/C=C/CCCCCCCCCCCC.CCCCCCCCCCCC/C=C/CCCCCCOC(=O)c1cccc(S(=O)(=O)[O-])c1C(=O)OCCCCCC/C=C/CCCCCCCCCCCC.[Ca+2]. The van der Waals surface area contributed by atoms with Gasteiger partial charge in [-0.3, -0.25) is 0 Å². The van der Waals surface area contributed by atoms with Gasteiger partial charge in [-0.05, 0) is 153 Å². The maximum absolute atomic E-state index is 13.0. The van der Waals surface area contributed by atoms with Gasteiger partial charge < -0.3 is 28.1 Å². The van der Waals surface area contributed by atoms with Crippen LogP contribution in [-0.2, 0) is 39.2 Å². The number of esters is 4. The van der Waals surface area contributed by atoms with Crippen LogP contribution in [-0.4, -0.2) is 114 Å². The Morgan fingerprint density at radius 2 is 0.407 bits per heavy atom. The first-order valence-corrected chi connectivity index (χ1v) is 48.9. The van der Waals surface area contributed by atoms with E-state index in [1.54, 1.807) is 0 Å². The first-order valence-electron chi connectivity index (χ1n) is 46.1. The topological polar surface area (TPSA) is 220 Å². The number of unbranched alkanes of at least 4 members (excludes halogenated alkanes) is 56. The third kappa shape index (κ3) is 65.9. The third-order valence-corrected chi connectivity index (χ3v) is 22.8. The molecule has 0 amide bonds. The Morgan fingerprint density at radius 1 is 0.248 bits per heavy atom. The van der Waals surface area contributed by atoms with Crippen LogP contribution in [0.5, 0.6) is 0 Å². The fourth-order valence-corrected chi connectivity index (χ4v) is 15.4. The molecule has 14 nitrogen and oxygen atoms in total. The number of hydrogen-bond acceptors (Lipinski definition) is 14. The molecule has 113 heavy (non-hydrogen) atoms. The molecule has 0 unspecified atom stereocenters. The zero-order chi connectivity index (χ0) is 81.6. The summed E-state index contributed by atoms with van der Waals surface area (Å²) in [5.74, 6) is -3.66. The van der Waals surface area contributed by atoms with E-state index in [4.69, 9.17) is 18.9 Å². The minimum atomic E-state index is -5.02. The first kappa shape index (κ1) is 109. The second-order valence-electron chi connectivity index (χ2n) is 31.4. The number of hydrogen-bond donors (Lipinski definition) is 0. The Balaban J connectivity index is 0.00000220. The van der Waals surface area contributed by atoms with Gasteiger partial charge in [-0.1, -0.05) is 371 Å². The summed E-state index contributed by atoms with van der Waals surface area (Å²) in [5.41, 5.74) is -1.59. The Labute approximate surface area is 722 Å². The van der Waals surface area contributed by atoms with Crippen LogP contribution in [0.4, 0.5) is 0 Å². The molecule has 0 aromatic heterocycles. The van der Waals surface area contributed by atoms with Crippen molar-refractivity contribution in [3.05, 3.63) is 107 Å². The van der Waals surface area contributed by atoms with Crippen LogP contribution in [0.3, 0.4) is 0 Å². The van der Waals surface area contributed by atoms with Crippen LogP contribution in [0.2, 0.25) is 0 Å². The molecule has 0 fully saturated rings. The van der Waals surface area contributed by atoms with Gasteiger partial charge in [0.2, 0.25) is 0 Å². The summed E-state index contributed by atoms with van der Waals surface area (Å²) in [5, 5.41) is 0. The molecule has 644 valence electrons. The van der Waals surface area contributed by atoms with Crippen molar-refractivity contribution in [2.75, 3.05) is 26.4 Å². The van der Waals surface area contributed by atoms with E-state index < -0.39 is 65.0 Å². The van der Waals surface area contributed by atoms with E-state index in [2.05, 4.69) is 76.3 Å². The molecule has 0 aliphatic carbocycles. The van der Waals surface area contributed by atoms with Crippen LogP contribution in [0.15, 0.2) is 94.8 Å². The van der Waals surface area contributed by atoms with Gasteiger partial charge >= 0.3 is 61.6 Å². The van der Waals surface area contributed by atoms with Crippen molar-refractivity contribution in [1.29, 1.82) is 0 Å². The Kier molecular flexibility index (Phi) is 78.2. The summed E-state index contributed by atoms with van der Waals surface area (Å²) in [4.78, 5) is 50.4. The normalized spacial score (nSPS) is 11.8. The molecule has 0 bridgehead atoms. The average Bonchev–Trinajstić information content (AvgIpc) is 0.797. The van der Waals surface area contributed by atoms with Crippen molar-refractivity contribution in [3.63, 3.8) is 0 Å². The molecule has 0 aliphatic rings. The maximum Gasteiger partial charge on any atom is 2.00 e. The molecule has 2 rings (SSSR count). The van der Waals surface area contributed by atoms with Crippen molar-refractivity contribution < 1.29 is 64.1 Å². The quantitative estimate of drug-likeness (QED) is 0.0150. The molecule has 0 atom stereocenters. The summed E-state index contributed by atoms with van der Waals surface area (Å²) < 4.78 is 93.5. The molecule has 0 aliphatic heterocycles. The third-order valence-electron chi connectivity index (χ3n) is 21.0. The average molecular weight is 1640 g/mol. The van der Waals surface area contributed by atoms with E-state index in [9.17, 15) is 45.1 Å². The molecule has 0 spiro atoms. The fourth-order valence-electron chi connectivity index (χ4n) is 14.0. The summed E-state index contributed by atoms with van der Waals surface area (Å²) in [6.45, 7) is 9.47. The minimum absolute atomic E-state index is 0. The molecule has 0 saturated heterocycles. The van der Waals surface area contributed by atoms with Crippen LogP contribution in [0.1, 0.15) is 480 Å². The molecule has 0 N–H and O–H groups in total. The van der Waals surface area contributed by atoms with Gasteiger partial charge in [-0.25, -0.2) is 36.0 Å². The van der Waals surface area contributed by atoms with Gasteiger partial charge in [-0.2, -0.15) is 0 Å². The van der Waals surface area contributed by atoms with E-state index >= 15 is 0 Å². The number of ether oxygens (including phenoxy) is 4. The van der Waals surface area contributed by atoms with Crippen molar-refractivity contribution in [2.45, 2.75) is 448 Å². The first-order chi connectivity index (χ1) is 54.6. The maximum atomic E-state index is 13.0. The molecule has 0 heterocycles. The number of rotatable bonds is 78. The molecular formula is C96H162CaO14S2. The smallest absolute Gasteiger partial charge is 0.744 e. The summed E-state index contributed by atoms with van der Waals surface area (Å²) in [7, 11) is -10.0. The molecule has 0 saturated carbocycles. The zero-order valence-electron chi connectivity index (χ0n) is 72.4. The minimum Gasteiger partial charge on any atom is -0.744 e. The van der Waals surface area contributed by atoms with E-state index in [1.165, 1.54) is 281 Å². The second kappa shape index (κ2) is 80.8. The van der Waals surface area contributed by atoms with E-state index in [1.807, 2.05) is 0 Å². The van der Waals surface area contributed by atoms with Crippen LogP contribution in [0.25, 0.3) is 0 Å². The Bertz CT molecular complexity index is 2740. The Morgan fingerprint density at radius 3 is 0.584 bits per heavy atom. The number of allylic oxidation sites excluding steroid dienone is 8. The molecule has 2 aromatic rings. The van der Waals surface area contributed by atoms with Gasteiger partial charge in [0.15, 0.2) is 0 Å².